The Morgan fingerprint density at radius 2 is 1.88 bits per heavy atom. The average Bonchev–Trinajstić information content (AvgIpc) is 3.16. The number of esters is 1. The Kier molecular flexibility index (Phi) is 6.09. The van der Waals surface area contributed by atoms with Crippen LogP contribution >= 0.6 is 23.1 Å². The lowest BCUT2D eigenvalue weighted by atomic mass is 10.1. The number of carbonyl (C=O) groups excluding carboxylic acids is 2. The largest absolute Gasteiger partial charge is 0.455 e. The van der Waals surface area contributed by atoms with Crippen LogP contribution in [0.3, 0.4) is 0 Å². The normalized spacial score (nSPS) is 10.6. The van der Waals surface area contributed by atoms with Crippen molar-refractivity contribution in [2.45, 2.75) is 11.4 Å². The Morgan fingerprint density at radius 3 is 2.68 bits per heavy atom. The zero-order valence-electron chi connectivity index (χ0n) is 13.4. The number of benzene rings is 2. The molecule has 25 heavy (non-hydrogen) atoms. The summed E-state index contributed by atoms with van der Waals surface area (Å²) in [6.45, 7) is 0.211. The SMILES string of the molecule is O=C(COC(=O)CSc1ccc2ccccc2c1)NCc1cccs1. The van der Waals surface area contributed by atoms with Crippen molar-refractivity contribution in [2.24, 2.45) is 0 Å². The first kappa shape index (κ1) is 17.5. The molecule has 0 aliphatic rings. The number of carbonyl (C=O) groups is 2. The van der Waals surface area contributed by atoms with Crippen LogP contribution in [0.5, 0.6) is 0 Å². The zero-order chi connectivity index (χ0) is 17.5. The van der Waals surface area contributed by atoms with Gasteiger partial charge in [-0.2, -0.15) is 0 Å². The van der Waals surface area contributed by atoms with Crippen LogP contribution in [0, 0.1) is 0 Å². The van der Waals surface area contributed by atoms with Crippen LogP contribution in [0.1, 0.15) is 4.88 Å². The Balaban J connectivity index is 1.40. The van der Waals surface area contributed by atoms with Gasteiger partial charge in [-0.25, -0.2) is 0 Å². The molecule has 3 rings (SSSR count). The van der Waals surface area contributed by atoms with E-state index in [2.05, 4.69) is 5.32 Å². The Morgan fingerprint density at radius 1 is 1.04 bits per heavy atom. The summed E-state index contributed by atoms with van der Waals surface area (Å²) in [6, 6.07) is 18.0. The molecule has 0 spiro atoms. The molecular weight excluding hydrogens is 354 g/mol. The van der Waals surface area contributed by atoms with Crippen LogP contribution in [-0.4, -0.2) is 24.2 Å². The van der Waals surface area contributed by atoms with Crippen molar-refractivity contribution in [2.75, 3.05) is 12.4 Å². The van der Waals surface area contributed by atoms with Gasteiger partial charge in [0.2, 0.25) is 0 Å². The Labute approximate surface area is 154 Å². The quantitative estimate of drug-likeness (QED) is 0.506. The molecular formula is C19H17NO3S2. The molecule has 2 aromatic carbocycles. The lowest BCUT2D eigenvalue weighted by Gasteiger charge is -2.06. The van der Waals surface area contributed by atoms with Crippen LogP contribution < -0.4 is 5.32 Å². The highest BCUT2D eigenvalue weighted by Gasteiger charge is 2.09. The Bertz CT molecular complexity index is 862. The van der Waals surface area contributed by atoms with E-state index in [0.717, 1.165) is 20.5 Å². The zero-order valence-corrected chi connectivity index (χ0v) is 15.1. The Hall–Kier alpha value is -2.31. The van der Waals surface area contributed by atoms with E-state index in [0.29, 0.717) is 6.54 Å². The molecule has 128 valence electrons. The molecule has 0 saturated heterocycles. The minimum atomic E-state index is -0.399. The lowest BCUT2D eigenvalue weighted by Crippen LogP contribution is -2.28. The van der Waals surface area contributed by atoms with Crippen LogP contribution in [0.4, 0.5) is 0 Å². The van der Waals surface area contributed by atoms with Gasteiger partial charge in [0.15, 0.2) is 6.61 Å². The highest BCUT2D eigenvalue weighted by atomic mass is 32.2. The van der Waals surface area contributed by atoms with E-state index in [1.165, 1.54) is 11.8 Å². The minimum Gasteiger partial charge on any atom is -0.455 e. The second-order valence-electron chi connectivity index (χ2n) is 5.31. The first-order valence-corrected chi connectivity index (χ1v) is 9.63. The summed E-state index contributed by atoms with van der Waals surface area (Å²) in [4.78, 5) is 25.5. The molecule has 0 aliphatic heterocycles. The molecule has 6 heteroatoms. The number of fused-ring (bicyclic) bond motifs is 1. The minimum absolute atomic E-state index is 0.177. The van der Waals surface area contributed by atoms with Crippen LogP contribution in [0.15, 0.2) is 64.9 Å². The molecule has 0 radical (unpaired) electrons. The van der Waals surface area contributed by atoms with Crippen LogP contribution in [-0.2, 0) is 20.9 Å². The second kappa shape index (κ2) is 8.69. The van der Waals surface area contributed by atoms with Gasteiger partial charge in [0.05, 0.1) is 12.3 Å². The third-order valence-electron chi connectivity index (χ3n) is 3.48. The maximum atomic E-state index is 11.8. The van der Waals surface area contributed by atoms with Crippen molar-refractivity contribution in [3.05, 3.63) is 64.9 Å². The highest BCUT2D eigenvalue weighted by molar-refractivity contribution is 8.00. The molecule has 1 heterocycles. The monoisotopic (exact) mass is 371 g/mol. The van der Waals surface area contributed by atoms with Crippen molar-refractivity contribution in [1.82, 2.24) is 5.32 Å². The average molecular weight is 371 g/mol. The predicted molar refractivity (Wildman–Crippen MR) is 102 cm³/mol. The molecule has 0 aliphatic carbocycles. The van der Waals surface area contributed by atoms with E-state index in [4.69, 9.17) is 4.74 Å². The second-order valence-corrected chi connectivity index (χ2v) is 7.40. The van der Waals surface area contributed by atoms with E-state index >= 15 is 0 Å². The highest BCUT2D eigenvalue weighted by Crippen LogP contribution is 2.23. The number of ether oxygens (including phenoxy) is 1. The summed E-state index contributed by atoms with van der Waals surface area (Å²) in [7, 11) is 0. The molecule has 4 nitrogen and oxygen atoms in total. The van der Waals surface area contributed by atoms with E-state index in [1.54, 1.807) is 11.3 Å². The van der Waals surface area contributed by atoms with Gasteiger partial charge in [-0.15, -0.1) is 23.1 Å². The summed E-state index contributed by atoms with van der Waals surface area (Å²) in [5.74, 6) is -0.516. The maximum absolute atomic E-state index is 11.8. The van der Waals surface area contributed by atoms with Crippen molar-refractivity contribution in [3.8, 4) is 0 Å². The summed E-state index contributed by atoms with van der Waals surface area (Å²) >= 11 is 2.97. The molecule has 1 amide bonds. The molecule has 3 aromatic rings. The first-order chi connectivity index (χ1) is 12.2. The van der Waals surface area contributed by atoms with Crippen LogP contribution in [0.2, 0.25) is 0 Å². The number of nitrogens with one attached hydrogen (secondary N) is 1. The number of hydrogen-bond donors (Lipinski definition) is 1. The molecule has 0 unspecified atom stereocenters. The van der Waals surface area contributed by atoms with Crippen molar-refractivity contribution in [3.63, 3.8) is 0 Å². The van der Waals surface area contributed by atoms with Gasteiger partial charge in [0, 0.05) is 9.77 Å². The fraction of sp³-hybridized carbons (Fsp3) is 0.158. The molecule has 0 bridgehead atoms. The number of thiophene rings is 1. The molecule has 1 N–H and O–H groups in total. The van der Waals surface area contributed by atoms with Gasteiger partial charge in [-0.05, 0) is 34.4 Å². The van der Waals surface area contributed by atoms with E-state index in [-0.39, 0.29) is 18.3 Å². The topological polar surface area (TPSA) is 55.4 Å². The predicted octanol–water partition coefficient (Wildman–Crippen LogP) is 3.85. The van der Waals surface area contributed by atoms with Crippen molar-refractivity contribution >= 4 is 45.7 Å². The molecule has 0 fully saturated rings. The van der Waals surface area contributed by atoms with E-state index in [9.17, 15) is 9.59 Å². The van der Waals surface area contributed by atoms with E-state index in [1.807, 2.05) is 60.0 Å². The smallest absolute Gasteiger partial charge is 0.316 e. The maximum Gasteiger partial charge on any atom is 0.316 e. The number of amides is 1. The number of rotatable bonds is 7. The summed E-state index contributed by atoms with van der Waals surface area (Å²) in [5, 5.41) is 6.97. The molecule has 0 atom stereocenters. The van der Waals surface area contributed by atoms with Gasteiger partial charge in [-0.3, -0.25) is 9.59 Å². The van der Waals surface area contributed by atoms with Crippen molar-refractivity contribution in [1.29, 1.82) is 0 Å². The fourth-order valence-electron chi connectivity index (χ4n) is 2.24. The lowest BCUT2D eigenvalue weighted by molar-refractivity contribution is -0.145. The van der Waals surface area contributed by atoms with Crippen LogP contribution in [0.25, 0.3) is 10.8 Å². The summed E-state index contributed by atoms with van der Waals surface area (Å²) in [6.07, 6.45) is 0. The van der Waals surface area contributed by atoms with Gasteiger partial charge < -0.3 is 10.1 Å². The number of thioether (sulfide) groups is 1. The summed E-state index contributed by atoms with van der Waals surface area (Å²) in [5.41, 5.74) is 0. The van der Waals surface area contributed by atoms with Gasteiger partial charge in [0.1, 0.15) is 0 Å². The van der Waals surface area contributed by atoms with Gasteiger partial charge >= 0.3 is 5.97 Å². The van der Waals surface area contributed by atoms with E-state index < -0.39 is 5.97 Å². The third-order valence-corrected chi connectivity index (χ3v) is 5.33. The standard InChI is InChI=1S/C19H17NO3S2/c21-18(20-11-17-6-3-9-24-17)12-23-19(22)13-25-16-8-7-14-4-1-2-5-15(14)10-16/h1-10H,11-13H2,(H,20,21). The van der Waals surface area contributed by atoms with Gasteiger partial charge in [0.25, 0.3) is 5.91 Å². The van der Waals surface area contributed by atoms with Crippen molar-refractivity contribution < 1.29 is 14.3 Å². The fourth-order valence-corrected chi connectivity index (χ4v) is 3.62. The first-order valence-electron chi connectivity index (χ1n) is 7.77. The number of hydrogen-bond acceptors (Lipinski definition) is 5. The molecule has 0 saturated carbocycles. The summed E-state index contributed by atoms with van der Waals surface area (Å²) < 4.78 is 5.01. The van der Waals surface area contributed by atoms with Gasteiger partial charge in [-0.1, -0.05) is 36.4 Å². The molecule has 1 aromatic heterocycles. The third kappa shape index (κ3) is 5.34.